The van der Waals surface area contributed by atoms with E-state index in [1.807, 2.05) is 0 Å². The van der Waals surface area contributed by atoms with Crippen LogP contribution in [0.1, 0.15) is 16.0 Å². The molecule has 0 radical (unpaired) electrons. The molecule has 2 aromatic rings. The van der Waals surface area contributed by atoms with E-state index in [1.54, 1.807) is 22.6 Å². The molecule has 3 rings (SSSR count). The van der Waals surface area contributed by atoms with Crippen molar-refractivity contribution in [1.29, 1.82) is 0 Å². The summed E-state index contributed by atoms with van der Waals surface area (Å²) >= 11 is 3.69. The Morgan fingerprint density at radius 2 is 1.38 bits per heavy atom. The number of hydrogen-bond donors (Lipinski definition) is 0. The maximum absolute atomic E-state index is 13.6. The van der Waals surface area contributed by atoms with Gasteiger partial charge in [-0.15, -0.1) is 22.7 Å². The highest BCUT2D eigenvalue weighted by atomic mass is 127. The van der Waals surface area contributed by atoms with Crippen LogP contribution in [0, 0.1) is 9.81 Å². The van der Waals surface area contributed by atoms with Crippen molar-refractivity contribution in [2.24, 2.45) is 0 Å². The van der Waals surface area contributed by atoms with E-state index in [-0.39, 0.29) is 9.75 Å². The van der Waals surface area contributed by atoms with E-state index in [2.05, 4.69) is 0 Å². The van der Waals surface area contributed by atoms with Crippen molar-refractivity contribution >= 4 is 45.3 Å². The van der Waals surface area contributed by atoms with Gasteiger partial charge < -0.3 is 0 Å². The number of fused-ring (bicyclic) bond motifs is 3. The van der Waals surface area contributed by atoms with Crippen molar-refractivity contribution in [2.75, 3.05) is 0 Å². The first-order valence-electron chi connectivity index (χ1n) is 5.54. The first-order valence-corrected chi connectivity index (χ1v) is 8.26. The van der Waals surface area contributed by atoms with Crippen LogP contribution in [0.5, 0.6) is 0 Å². The molecule has 114 valence electrons. The molecule has 0 bridgehead atoms. The standard InChI is InChI=1S/C12H5F6IS2/c1-4-2-5-8(20-4)9-6(3-7(19)21-9)10(5,11(13,14)15)12(16,17)18/h2-3H,1H3. The summed E-state index contributed by atoms with van der Waals surface area (Å²) in [6, 6.07) is 2.02. The minimum absolute atomic E-state index is 0.0853. The number of halogens is 7. The number of rotatable bonds is 0. The molecule has 21 heavy (non-hydrogen) atoms. The van der Waals surface area contributed by atoms with Gasteiger partial charge in [-0.1, -0.05) is 0 Å². The van der Waals surface area contributed by atoms with Gasteiger partial charge in [0.1, 0.15) is 0 Å². The van der Waals surface area contributed by atoms with Gasteiger partial charge in [-0.3, -0.25) is 0 Å². The lowest BCUT2D eigenvalue weighted by molar-refractivity contribution is -0.287. The van der Waals surface area contributed by atoms with Crippen molar-refractivity contribution < 1.29 is 26.3 Å². The fourth-order valence-corrected chi connectivity index (χ4v) is 5.83. The van der Waals surface area contributed by atoms with Crippen LogP contribution >= 0.6 is 45.3 Å². The fraction of sp³-hybridized carbons (Fsp3) is 0.333. The summed E-state index contributed by atoms with van der Waals surface area (Å²) < 4.78 is 81.9. The predicted octanol–water partition coefficient (Wildman–Crippen LogP) is 6.11. The molecule has 0 amide bonds. The SMILES string of the molecule is Cc1cc2c(s1)-c1sc(I)cc1C2(C(F)(F)F)C(F)(F)F. The third-order valence-electron chi connectivity index (χ3n) is 3.42. The summed E-state index contributed by atoms with van der Waals surface area (Å²) in [5, 5.41) is 0. The highest BCUT2D eigenvalue weighted by molar-refractivity contribution is 14.1. The van der Waals surface area contributed by atoms with Gasteiger partial charge in [-0.2, -0.15) is 26.3 Å². The molecule has 2 aromatic heterocycles. The summed E-state index contributed by atoms with van der Waals surface area (Å²) in [7, 11) is 0. The lowest BCUT2D eigenvalue weighted by atomic mass is 9.78. The maximum Gasteiger partial charge on any atom is 0.411 e. The van der Waals surface area contributed by atoms with Crippen LogP contribution in [0.15, 0.2) is 12.1 Å². The summed E-state index contributed by atoms with van der Waals surface area (Å²) in [5.74, 6) is 0. The summed E-state index contributed by atoms with van der Waals surface area (Å²) in [6.07, 6.45) is -10.9. The Morgan fingerprint density at radius 1 is 0.905 bits per heavy atom. The Hall–Kier alpha value is -0.290. The molecule has 0 unspecified atom stereocenters. The Labute approximate surface area is 136 Å². The van der Waals surface area contributed by atoms with Crippen molar-refractivity contribution in [3.8, 4) is 9.75 Å². The quantitative estimate of drug-likeness (QED) is 0.333. The Morgan fingerprint density at radius 3 is 1.90 bits per heavy atom. The number of thiophene rings is 2. The zero-order valence-corrected chi connectivity index (χ0v) is 13.9. The minimum atomic E-state index is -5.44. The molecule has 0 aromatic carbocycles. The second-order valence-corrected chi connectivity index (χ2v) is 8.84. The molecule has 1 aliphatic carbocycles. The minimum Gasteiger partial charge on any atom is -0.169 e. The second-order valence-electron chi connectivity index (χ2n) is 4.64. The molecule has 0 nitrogen and oxygen atoms in total. The molecule has 1 aliphatic rings. The first kappa shape index (κ1) is 15.6. The van der Waals surface area contributed by atoms with Gasteiger partial charge in [0.25, 0.3) is 0 Å². The topological polar surface area (TPSA) is 0 Å². The highest BCUT2D eigenvalue weighted by Gasteiger charge is 2.76. The molecule has 0 aliphatic heterocycles. The summed E-state index contributed by atoms with van der Waals surface area (Å²) in [4.78, 5) is 0.610. The summed E-state index contributed by atoms with van der Waals surface area (Å²) in [5.41, 5.74) is -5.27. The highest BCUT2D eigenvalue weighted by Crippen LogP contribution is 2.66. The number of hydrogen-bond acceptors (Lipinski definition) is 2. The Balaban J connectivity index is 2.49. The maximum atomic E-state index is 13.6. The smallest absolute Gasteiger partial charge is 0.169 e. The summed E-state index contributed by atoms with van der Waals surface area (Å²) in [6.45, 7) is 1.51. The Bertz CT molecular complexity index is 659. The molecule has 0 N–H and O–H groups in total. The predicted molar refractivity (Wildman–Crippen MR) is 78.0 cm³/mol. The van der Waals surface area contributed by atoms with Crippen LogP contribution < -0.4 is 0 Å². The molecule has 0 atom stereocenters. The van der Waals surface area contributed by atoms with Crippen molar-refractivity contribution in [1.82, 2.24) is 0 Å². The van der Waals surface area contributed by atoms with Gasteiger partial charge in [0.2, 0.25) is 5.41 Å². The molecule has 0 saturated heterocycles. The Kier molecular flexibility index (Phi) is 3.25. The van der Waals surface area contributed by atoms with Gasteiger partial charge in [-0.25, -0.2) is 0 Å². The molecule has 0 saturated carbocycles. The number of aryl methyl sites for hydroxylation is 1. The van der Waals surface area contributed by atoms with Gasteiger partial charge in [0.15, 0.2) is 0 Å². The molecular formula is C12H5F6IS2. The van der Waals surface area contributed by atoms with E-state index in [0.717, 1.165) is 34.8 Å². The third kappa shape index (κ3) is 1.86. The average molecular weight is 454 g/mol. The van der Waals surface area contributed by atoms with Crippen LogP contribution in [0.25, 0.3) is 9.75 Å². The molecule has 0 fully saturated rings. The molecule has 0 spiro atoms. The molecule has 2 heterocycles. The third-order valence-corrected chi connectivity index (χ3v) is 6.53. The zero-order valence-electron chi connectivity index (χ0n) is 10.1. The van der Waals surface area contributed by atoms with E-state index >= 15 is 0 Å². The van der Waals surface area contributed by atoms with Crippen molar-refractivity contribution in [3.05, 3.63) is 31.0 Å². The lowest BCUT2D eigenvalue weighted by Gasteiger charge is -2.34. The van der Waals surface area contributed by atoms with Crippen LogP contribution in [0.4, 0.5) is 26.3 Å². The van der Waals surface area contributed by atoms with Crippen molar-refractivity contribution in [3.63, 3.8) is 0 Å². The second kappa shape index (κ2) is 4.38. The van der Waals surface area contributed by atoms with Crippen molar-refractivity contribution in [2.45, 2.75) is 24.7 Å². The monoisotopic (exact) mass is 454 g/mol. The van der Waals surface area contributed by atoms with Crippen LogP contribution in [0.2, 0.25) is 0 Å². The van der Waals surface area contributed by atoms with E-state index in [4.69, 9.17) is 0 Å². The van der Waals surface area contributed by atoms with Crippen LogP contribution in [-0.4, -0.2) is 12.4 Å². The van der Waals surface area contributed by atoms with Gasteiger partial charge in [0, 0.05) is 20.9 Å². The van der Waals surface area contributed by atoms with Gasteiger partial charge in [-0.05, 0) is 41.6 Å². The van der Waals surface area contributed by atoms with E-state index in [9.17, 15) is 26.3 Å². The lowest BCUT2D eigenvalue weighted by Crippen LogP contribution is -2.53. The fourth-order valence-electron chi connectivity index (χ4n) is 2.69. The average Bonchev–Trinajstić information content (AvgIpc) is 2.84. The van der Waals surface area contributed by atoms with E-state index < -0.39 is 28.9 Å². The normalized spacial score (nSPS) is 17.0. The van der Waals surface area contributed by atoms with E-state index in [0.29, 0.717) is 7.76 Å². The number of alkyl halides is 6. The van der Waals surface area contributed by atoms with Gasteiger partial charge in [0.05, 0.1) is 7.76 Å². The van der Waals surface area contributed by atoms with Crippen LogP contribution in [-0.2, 0) is 5.41 Å². The molecule has 9 heteroatoms. The van der Waals surface area contributed by atoms with Crippen LogP contribution in [0.3, 0.4) is 0 Å². The molecular weight excluding hydrogens is 449 g/mol. The zero-order chi connectivity index (χ0) is 15.8. The first-order chi connectivity index (χ1) is 9.50. The van der Waals surface area contributed by atoms with Gasteiger partial charge >= 0.3 is 12.4 Å². The van der Waals surface area contributed by atoms with E-state index in [1.165, 1.54) is 6.92 Å². The largest absolute Gasteiger partial charge is 0.411 e.